The molecule has 0 aliphatic carbocycles. The van der Waals surface area contributed by atoms with Gasteiger partial charge in [-0.1, -0.05) is 12.1 Å². The van der Waals surface area contributed by atoms with E-state index in [1.165, 1.54) is 18.3 Å². The number of carbonyl (C=O) groups is 3. The summed E-state index contributed by atoms with van der Waals surface area (Å²) in [4.78, 5) is 35.5. The number of Topliss-reactive ketones (excluding diaryl/α,β-unsaturated/α-hetero) is 1. The molecular formula is C17H17NO4S. The SMILES string of the molecule is CC(=O)Nc1cccc(C(=O)OCCCC(=O)c2cccs2)c1. The lowest BCUT2D eigenvalue weighted by molar-refractivity contribution is -0.114. The first-order valence-corrected chi connectivity index (χ1v) is 8.05. The zero-order valence-corrected chi connectivity index (χ0v) is 13.5. The Bertz CT molecular complexity index is 694. The Morgan fingerprint density at radius 3 is 2.70 bits per heavy atom. The van der Waals surface area contributed by atoms with Gasteiger partial charge in [0.15, 0.2) is 5.78 Å². The highest BCUT2D eigenvalue weighted by atomic mass is 32.1. The molecule has 0 unspecified atom stereocenters. The minimum absolute atomic E-state index is 0.0590. The third-order valence-electron chi connectivity index (χ3n) is 3.00. The van der Waals surface area contributed by atoms with Gasteiger partial charge in [-0.05, 0) is 36.1 Å². The van der Waals surface area contributed by atoms with E-state index in [0.717, 1.165) is 4.88 Å². The molecule has 6 heteroatoms. The number of rotatable bonds is 7. The third kappa shape index (κ3) is 5.34. The molecule has 0 spiro atoms. The van der Waals surface area contributed by atoms with E-state index in [1.807, 2.05) is 11.4 Å². The van der Waals surface area contributed by atoms with Crippen LogP contribution in [0.2, 0.25) is 0 Å². The molecular weight excluding hydrogens is 314 g/mol. The van der Waals surface area contributed by atoms with Gasteiger partial charge in [0.1, 0.15) is 0 Å². The fourth-order valence-electron chi connectivity index (χ4n) is 1.97. The van der Waals surface area contributed by atoms with Gasteiger partial charge in [0.05, 0.1) is 17.0 Å². The van der Waals surface area contributed by atoms with Crippen molar-refractivity contribution in [2.45, 2.75) is 19.8 Å². The maximum absolute atomic E-state index is 11.9. The van der Waals surface area contributed by atoms with Gasteiger partial charge in [-0.15, -0.1) is 11.3 Å². The van der Waals surface area contributed by atoms with Crippen LogP contribution in [0.25, 0.3) is 0 Å². The van der Waals surface area contributed by atoms with Crippen LogP contribution in [0.5, 0.6) is 0 Å². The van der Waals surface area contributed by atoms with Crippen LogP contribution in [0.3, 0.4) is 0 Å². The summed E-state index contributed by atoms with van der Waals surface area (Å²) < 4.78 is 5.16. The summed E-state index contributed by atoms with van der Waals surface area (Å²) in [5, 5.41) is 4.46. The molecule has 0 saturated heterocycles. The maximum Gasteiger partial charge on any atom is 0.338 e. The molecule has 5 nitrogen and oxygen atoms in total. The summed E-state index contributed by atoms with van der Waals surface area (Å²) in [6, 6.07) is 10.2. The van der Waals surface area contributed by atoms with Gasteiger partial charge in [-0.2, -0.15) is 0 Å². The van der Waals surface area contributed by atoms with E-state index in [9.17, 15) is 14.4 Å². The van der Waals surface area contributed by atoms with E-state index in [4.69, 9.17) is 4.74 Å². The van der Waals surface area contributed by atoms with Crippen molar-refractivity contribution in [3.8, 4) is 0 Å². The first kappa shape index (κ1) is 16.9. The number of ether oxygens (including phenoxy) is 1. The largest absolute Gasteiger partial charge is 0.462 e. The lowest BCUT2D eigenvalue weighted by Gasteiger charge is -2.06. The Morgan fingerprint density at radius 1 is 1.17 bits per heavy atom. The standard InChI is InChI=1S/C17H17NO4S/c1-12(19)18-14-6-2-5-13(11-14)17(21)22-9-3-7-15(20)16-8-4-10-23-16/h2,4-6,8,10-11H,3,7,9H2,1H3,(H,18,19). The molecule has 1 amide bonds. The summed E-state index contributed by atoms with van der Waals surface area (Å²) in [6.07, 6.45) is 0.827. The van der Waals surface area contributed by atoms with Gasteiger partial charge in [-0.3, -0.25) is 9.59 Å². The minimum atomic E-state index is -0.472. The Hall–Kier alpha value is -2.47. The second-order valence-electron chi connectivity index (χ2n) is 4.90. The van der Waals surface area contributed by atoms with E-state index in [2.05, 4.69) is 5.32 Å². The molecule has 0 radical (unpaired) electrons. The molecule has 0 aliphatic heterocycles. The van der Waals surface area contributed by atoms with Crippen molar-refractivity contribution < 1.29 is 19.1 Å². The molecule has 1 aromatic carbocycles. The lowest BCUT2D eigenvalue weighted by Crippen LogP contribution is -2.10. The van der Waals surface area contributed by atoms with Gasteiger partial charge < -0.3 is 10.1 Å². The molecule has 120 valence electrons. The molecule has 0 saturated carbocycles. The van der Waals surface area contributed by atoms with E-state index >= 15 is 0 Å². The third-order valence-corrected chi connectivity index (χ3v) is 3.91. The van der Waals surface area contributed by atoms with Crippen molar-refractivity contribution in [2.24, 2.45) is 0 Å². The number of esters is 1. The van der Waals surface area contributed by atoms with E-state index < -0.39 is 5.97 Å². The fourth-order valence-corrected chi connectivity index (χ4v) is 2.66. The smallest absolute Gasteiger partial charge is 0.338 e. The van der Waals surface area contributed by atoms with Crippen LogP contribution in [0.1, 0.15) is 39.8 Å². The lowest BCUT2D eigenvalue weighted by atomic mass is 10.2. The highest BCUT2D eigenvalue weighted by Crippen LogP contribution is 2.14. The van der Waals surface area contributed by atoms with Gasteiger partial charge >= 0.3 is 5.97 Å². The van der Waals surface area contributed by atoms with Crippen LogP contribution < -0.4 is 5.32 Å². The Kier molecular flexibility index (Phi) is 6.05. The number of nitrogens with one attached hydrogen (secondary N) is 1. The first-order valence-electron chi connectivity index (χ1n) is 7.18. The monoisotopic (exact) mass is 331 g/mol. The zero-order chi connectivity index (χ0) is 16.7. The van der Waals surface area contributed by atoms with Crippen molar-refractivity contribution >= 4 is 34.7 Å². The average molecular weight is 331 g/mol. The number of ketones is 1. The van der Waals surface area contributed by atoms with Crippen molar-refractivity contribution in [1.82, 2.24) is 0 Å². The normalized spacial score (nSPS) is 10.1. The van der Waals surface area contributed by atoms with E-state index in [1.54, 1.807) is 30.3 Å². The van der Waals surface area contributed by atoms with Gasteiger partial charge in [0, 0.05) is 19.0 Å². The Labute approximate surface area is 138 Å². The summed E-state index contributed by atoms with van der Waals surface area (Å²) in [6.45, 7) is 1.58. The van der Waals surface area contributed by atoms with E-state index in [0.29, 0.717) is 24.1 Å². The predicted octanol–water partition coefficient (Wildman–Crippen LogP) is 3.53. The highest BCUT2D eigenvalue weighted by molar-refractivity contribution is 7.12. The maximum atomic E-state index is 11.9. The molecule has 0 fully saturated rings. The van der Waals surface area contributed by atoms with Gasteiger partial charge in [0.2, 0.25) is 5.91 Å². The molecule has 1 N–H and O–H groups in total. The molecule has 0 aliphatic rings. The molecule has 1 aromatic heterocycles. The Morgan fingerprint density at radius 2 is 2.00 bits per heavy atom. The number of thiophene rings is 1. The van der Waals surface area contributed by atoms with E-state index in [-0.39, 0.29) is 18.3 Å². The number of amides is 1. The summed E-state index contributed by atoms with van der Waals surface area (Å²) >= 11 is 1.41. The fraction of sp³-hybridized carbons (Fsp3) is 0.235. The van der Waals surface area contributed by atoms with Crippen molar-refractivity contribution in [3.05, 3.63) is 52.2 Å². The van der Waals surface area contributed by atoms with Crippen molar-refractivity contribution in [2.75, 3.05) is 11.9 Å². The minimum Gasteiger partial charge on any atom is -0.462 e. The average Bonchev–Trinajstić information content (AvgIpc) is 3.05. The van der Waals surface area contributed by atoms with Crippen molar-refractivity contribution in [3.63, 3.8) is 0 Å². The van der Waals surface area contributed by atoms with Crippen LogP contribution in [-0.2, 0) is 9.53 Å². The second-order valence-corrected chi connectivity index (χ2v) is 5.85. The van der Waals surface area contributed by atoms with Crippen LogP contribution in [0.4, 0.5) is 5.69 Å². The van der Waals surface area contributed by atoms with Crippen LogP contribution >= 0.6 is 11.3 Å². The van der Waals surface area contributed by atoms with Crippen LogP contribution in [-0.4, -0.2) is 24.3 Å². The quantitative estimate of drug-likeness (QED) is 0.478. The summed E-state index contributed by atoms with van der Waals surface area (Å²) in [7, 11) is 0. The Balaban J connectivity index is 1.78. The van der Waals surface area contributed by atoms with Crippen molar-refractivity contribution in [1.29, 1.82) is 0 Å². The number of anilines is 1. The molecule has 0 bridgehead atoms. The summed E-state index contributed by atoms with van der Waals surface area (Å²) in [5.74, 6) is -0.618. The molecule has 23 heavy (non-hydrogen) atoms. The molecule has 1 heterocycles. The molecule has 2 aromatic rings. The molecule has 2 rings (SSSR count). The first-order chi connectivity index (χ1) is 11.1. The topological polar surface area (TPSA) is 72.5 Å². The molecule has 0 atom stereocenters. The predicted molar refractivity (Wildman–Crippen MR) is 88.9 cm³/mol. The van der Waals surface area contributed by atoms with Crippen LogP contribution in [0.15, 0.2) is 41.8 Å². The van der Waals surface area contributed by atoms with Gasteiger partial charge in [-0.25, -0.2) is 4.79 Å². The zero-order valence-electron chi connectivity index (χ0n) is 12.7. The second kappa shape index (κ2) is 8.24. The number of carbonyl (C=O) groups excluding carboxylic acids is 3. The number of hydrogen-bond donors (Lipinski definition) is 1. The van der Waals surface area contributed by atoms with Crippen LogP contribution in [0, 0.1) is 0 Å². The highest BCUT2D eigenvalue weighted by Gasteiger charge is 2.10. The summed E-state index contributed by atoms with van der Waals surface area (Å²) in [5.41, 5.74) is 0.903. The van der Waals surface area contributed by atoms with Gasteiger partial charge in [0.25, 0.3) is 0 Å². The number of benzene rings is 1. The number of hydrogen-bond acceptors (Lipinski definition) is 5.